The van der Waals surface area contributed by atoms with Crippen molar-refractivity contribution in [2.45, 2.75) is 71.8 Å². The number of likely N-dealkylation sites (tertiary alicyclic amines) is 1. The molecule has 9 heteroatoms. The zero-order valence-electron chi connectivity index (χ0n) is 20.7. The summed E-state index contributed by atoms with van der Waals surface area (Å²) in [6.07, 6.45) is -0.0210. The summed E-state index contributed by atoms with van der Waals surface area (Å²) in [6, 6.07) is 8.10. The Balaban J connectivity index is 1.93. The van der Waals surface area contributed by atoms with Crippen LogP contribution < -0.4 is 5.32 Å². The average molecular weight is 493 g/mol. The lowest BCUT2D eigenvalue weighted by Gasteiger charge is -2.26. The number of carbonyl (C=O) groups excluding carboxylic acids is 4. The molecule has 1 aliphatic rings. The molecule has 1 aromatic carbocycles. The van der Waals surface area contributed by atoms with Crippen LogP contribution in [0.2, 0.25) is 0 Å². The predicted octanol–water partition coefficient (Wildman–Crippen LogP) is 3.57. The van der Waals surface area contributed by atoms with Crippen molar-refractivity contribution in [3.8, 4) is 0 Å². The van der Waals surface area contributed by atoms with E-state index in [1.165, 1.54) is 16.7 Å². The van der Waals surface area contributed by atoms with Gasteiger partial charge in [-0.2, -0.15) is 0 Å². The summed E-state index contributed by atoms with van der Waals surface area (Å²) in [6.45, 7) is 9.46. The fourth-order valence-electron chi connectivity index (χ4n) is 3.61. The van der Waals surface area contributed by atoms with Crippen LogP contribution in [0.4, 0.5) is 4.79 Å². The van der Waals surface area contributed by atoms with E-state index in [-0.39, 0.29) is 49.0 Å². The van der Waals surface area contributed by atoms with Crippen LogP contribution in [-0.2, 0) is 30.5 Å². The predicted molar refractivity (Wildman–Crippen MR) is 131 cm³/mol. The third-order valence-electron chi connectivity index (χ3n) is 4.95. The molecule has 1 N–H and O–H groups in total. The van der Waals surface area contributed by atoms with Crippen LogP contribution in [0.15, 0.2) is 30.3 Å². The molecule has 1 aliphatic heterocycles. The molecule has 34 heavy (non-hydrogen) atoms. The molecule has 2 amide bonds. The Morgan fingerprint density at radius 1 is 1.18 bits per heavy atom. The van der Waals surface area contributed by atoms with Gasteiger partial charge in [0.2, 0.25) is 5.91 Å². The van der Waals surface area contributed by atoms with Crippen molar-refractivity contribution in [1.29, 1.82) is 0 Å². The first-order chi connectivity index (χ1) is 15.9. The van der Waals surface area contributed by atoms with Gasteiger partial charge >= 0.3 is 12.1 Å². The van der Waals surface area contributed by atoms with Gasteiger partial charge in [-0.05, 0) is 38.7 Å². The molecule has 0 aromatic heterocycles. The molecule has 0 aliphatic carbocycles. The van der Waals surface area contributed by atoms with Crippen molar-refractivity contribution in [3.63, 3.8) is 0 Å². The Labute approximate surface area is 206 Å². The van der Waals surface area contributed by atoms with Gasteiger partial charge in [0.15, 0.2) is 5.78 Å². The van der Waals surface area contributed by atoms with Gasteiger partial charge in [0.25, 0.3) is 0 Å². The molecule has 2 rings (SSSR count). The number of rotatable bonds is 10. The minimum absolute atomic E-state index is 0.0360. The third-order valence-corrected chi connectivity index (χ3v) is 6.03. The largest absolute Gasteiger partial charge is 0.459 e. The van der Waals surface area contributed by atoms with E-state index < -0.39 is 17.7 Å². The van der Waals surface area contributed by atoms with E-state index >= 15 is 0 Å². The quantitative estimate of drug-likeness (QED) is 0.498. The van der Waals surface area contributed by atoms with Crippen molar-refractivity contribution >= 4 is 35.5 Å². The first-order valence-corrected chi connectivity index (χ1v) is 12.7. The van der Waals surface area contributed by atoms with E-state index in [9.17, 15) is 19.2 Å². The molecular weight excluding hydrogens is 456 g/mol. The Hall–Kier alpha value is -2.55. The maximum atomic E-state index is 13.0. The number of hydrogen-bond acceptors (Lipinski definition) is 7. The zero-order chi connectivity index (χ0) is 25.3. The first kappa shape index (κ1) is 27.7. The Morgan fingerprint density at radius 3 is 2.47 bits per heavy atom. The third kappa shape index (κ3) is 9.75. The molecule has 2 atom stereocenters. The van der Waals surface area contributed by atoms with E-state index in [1.54, 1.807) is 0 Å². The number of nitrogens with one attached hydrogen (secondary N) is 1. The molecular formula is C25H36N2O6S. The summed E-state index contributed by atoms with van der Waals surface area (Å²) in [5, 5.41) is 2.98. The second kappa shape index (κ2) is 12.8. The van der Waals surface area contributed by atoms with Crippen molar-refractivity contribution in [2.75, 3.05) is 18.1 Å². The van der Waals surface area contributed by atoms with Gasteiger partial charge in [0.1, 0.15) is 18.2 Å². The van der Waals surface area contributed by atoms with Crippen LogP contribution in [0.1, 0.15) is 53.0 Å². The van der Waals surface area contributed by atoms with E-state index in [4.69, 9.17) is 9.47 Å². The Morgan fingerprint density at radius 2 is 1.85 bits per heavy atom. The smallest absolute Gasteiger partial charge is 0.411 e. The zero-order valence-corrected chi connectivity index (χ0v) is 21.5. The number of hydrogen-bond donors (Lipinski definition) is 1. The number of amides is 2. The summed E-state index contributed by atoms with van der Waals surface area (Å²) in [4.78, 5) is 50.9. The van der Waals surface area contributed by atoms with Gasteiger partial charge in [0.05, 0.1) is 12.3 Å². The fraction of sp³-hybridized carbons (Fsp3) is 0.600. The van der Waals surface area contributed by atoms with Gasteiger partial charge < -0.3 is 14.8 Å². The molecule has 0 saturated carbocycles. The van der Waals surface area contributed by atoms with E-state index in [0.717, 1.165) is 5.56 Å². The number of Topliss-reactive ketones (excluding diaryl/α,β-unsaturated/α-hetero) is 1. The molecule has 2 unspecified atom stereocenters. The highest BCUT2D eigenvalue weighted by atomic mass is 32.2. The second-order valence-corrected chi connectivity index (χ2v) is 10.9. The maximum absolute atomic E-state index is 13.0. The van der Waals surface area contributed by atoms with Gasteiger partial charge in [-0.25, -0.2) is 4.79 Å². The summed E-state index contributed by atoms with van der Waals surface area (Å²) >= 11 is 1.39. The van der Waals surface area contributed by atoms with Crippen LogP contribution in [0.25, 0.3) is 0 Å². The van der Waals surface area contributed by atoms with E-state index in [0.29, 0.717) is 18.1 Å². The summed E-state index contributed by atoms with van der Waals surface area (Å²) in [7, 11) is 0. The molecule has 188 valence electrons. The number of esters is 1. The highest BCUT2D eigenvalue weighted by molar-refractivity contribution is 7.99. The van der Waals surface area contributed by atoms with Crippen LogP contribution in [-0.4, -0.2) is 64.4 Å². The fourth-order valence-corrected chi connectivity index (χ4v) is 4.46. The van der Waals surface area contributed by atoms with Crippen LogP contribution in [0, 0.1) is 5.92 Å². The molecule has 0 bridgehead atoms. The van der Waals surface area contributed by atoms with Crippen LogP contribution in [0.5, 0.6) is 0 Å². The van der Waals surface area contributed by atoms with E-state index in [1.807, 2.05) is 65.0 Å². The second-order valence-electron chi connectivity index (χ2n) is 9.86. The average Bonchev–Trinajstić information content (AvgIpc) is 3.13. The number of nitrogens with zero attached hydrogens (tertiary/aromatic N) is 1. The van der Waals surface area contributed by atoms with Crippen LogP contribution in [0.3, 0.4) is 0 Å². The van der Waals surface area contributed by atoms with Gasteiger partial charge in [-0.3, -0.25) is 19.3 Å². The number of ketones is 1. The lowest BCUT2D eigenvalue weighted by Crippen LogP contribution is -2.49. The van der Waals surface area contributed by atoms with Gasteiger partial charge in [-0.1, -0.05) is 44.2 Å². The molecule has 1 fully saturated rings. The molecule has 0 radical (unpaired) electrons. The summed E-state index contributed by atoms with van der Waals surface area (Å²) < 4.78 is 10.7. The monoisotopic (exact) mass is 492 g/mol. The highest BCUT2D eigenvalue weighted by Gasteiger charge is 2.40. The minimum Gasteiger partial charge on any atom is -0.459 e. The minimum atomic E-state index is -0.902. The van der Waals surface area contributed by atoms with Crippen LogP contribution >= 0.6 is 11.8 Å². The molecule has 8 nitrogen and oxygen atoms in total. The lowest BCUT2D eigenvalue weighted by atomic mass is 10.0. The number of carbonyl (C=O) groups is 4. The molecule has 1 heterocycles. The number of thioether (sulfide) groups is 1. The van der Waals surface area contributed by atoms with Crippen molar-refractivity contribution < 1.29 is 28.7 Å². The number of ether oxygens (including phenoxy) is 2. The topological polar surface area (TPSA) is 102 Å². The van der Waals surface area contributed by atoms with Crippen molar-refractivity contribution in [1.82, 2.24) is 10.2 Å². The van der Waals surface area contributed by atoms with Crippen molar-refractivity contribution in [2.24, 2.45) is 5.92 Å². The highest BCUT2D eigenvalue weighted by Crippen LogP contribution is 2.19. The normalized spacial score (nSPS) is 16.9. The SMILES string of the molecule is CC(C)CC(CSCC(=O)OC(C)(C)C)NC(=O)C1CC(=O)CN1C(=O)OCc1ccccc1. The molecule has 0 spiro atoms. The van der Waals surface area contributed by atoms with Gasteiger partial charge in [0, 0.05) is 18.2 Å². The summed E-state index contributed by atoms with van der Waals surface area (Å²) in [5.74, 6) is 0.136. The maximum Gasteiger partial charge on any atom is 0.411 e. The standard InChI is InChI=1S/C25H36N2O6S/c1-17(2)11-19(15-34-16-22(29)33-25(3,4)5)26-23(30)21-12-20(28)13-27(21)24(31)32-14-18-9-7-6-8-10-18/h6-10,17,19,21H,11-16H2,1-5H3,(H,26,30). The Bertz CT molecular complexity index is 853. The lowest BCUT2D eigenvalue weighted by molar-refractivity contribution is -0.151. The van der Waals surface area contributed by atoms with Gasteiger partial charge in [-0.15, -0.1) is 11.8 Å². The van der Waals surface area contributed by atoms with Crippen molar-refractivity contribution in [3.05, 3.63) is 35.9 Å². The Kier molecular flexibility index (Phi) is 10.4. The summed E-state index contributed by atoms with van der Waals surface area (Å²) in [5.41, 5.74) is 0.276. The number of benzene rings is 1. The molecule has 1 saturated heterocycles. The molecule has 1 aromatic rings. The first-order valence-electron chi connectivity index (χ1n) is 11.5. The van der Waals surface area contributed by atoms with E-state index in [2.05, 4.69) is 5.32 Å².